The van der Waals surface area contributed by atoms with Crippen LogP contribution in [0.5, 0.6) is 0 Å². The quantitative estimate of drug-likeness (QED) is 0.119. The Labute approximate surface area is 281 Å². The van der Waals surface area contributed by atoms with E-state index in [2.05, 4.69) is 53.7 Å². The molecule has 5 rings (SSSR count). The number of nitrogens with zero attached hydrogens (tertiary/aromatic N) is 2. The van der Waals surface area contributed by atoms with Crippen molar-refractivity contribution in [3.05, 3.63) is 105 Å². The van der Waals surface area contributed by atoms with E-state index < -0.39 is 11.5 Å². The smallest absolute Gasteiger partial charge is 0.349 e. The minimum Gasteiger partial charge on any atom is -0.422 e. The summed E-state index contributed by atoms with van der Waals surface area (Å²) in [5, 5.41) is 6.39. The first-order chi connectivity index (χ1) is 23.4. The number of fused-ring (bicyclic) bond motifs is 3. The number of anilines is 2. The predicted octanol–water partition coefficient (Wildman–Crippen LogP) is 6.54. The van der Waals surface area contributed by atoms with Gasteiger partial charge >= 0.3 is 5.63 Å². The number of hydrogen-bond acceptors (Lipinski definition) is 6. The Kier molecular flexibility index (Phi) is 11.8. The second-order valence-electron chi connectivity index (χ2n) is 11.9. The van der Waals surface area contributed by atoms with Crippen LogP contribution in [0.2, 0.25) is 0 Å². The Morgan fingerprint density at radius 1 is 0.792 bits per heavy atom. The minimum absolute atomic E-state index is 0.0259. The molecule has 0 fully saturated rings. The maximum absolute atomic E-state index is 13.4. The van der Waals surface area contributed by atoms with Crippen molar-refractivity contribution in [1.82, 2.24) is 10.6 Å². The number of carbonyl (C=O) groups excluding carboxylic acids is 3. The Morgan fingerprint density at radius 2 is 1.48 bits per heavy atom. The standard InChI is InChI=1S/C39H44N4O5/c1-3-42(4-2)32-22-21-30-25-33(39(47)48-35(30)26-32)38(46)41-24-12-11-23-40-36(44)17-9-10-18-37(45)43-27-31-15-6-5-13-28(31)19-20-29-14-7-8-16-34(29)43/h5-8,13-16,19-22,25-26H,3-4,9-12,17-18,23-24,27H2,1-2H3,(H,40,44)(H,41,46). The van der Waals surface area contributed by atoms with Crippen LogP contribution in [0.15, 0.2) is 82.0 Å². The van der Waals surface area contributed by atoms with Gasteiger partial charge in [-0.2, -0.15) is 0 Å². The fourth-order valence-corrected chi connectivity index (χ4v) is 5.98. The van der Waals surface area contributed by atoms with Gasteiger partial charge in [0.15, 0.2) is 0 Å². The van der Waals surface area contributed by atoms with E-state index in [1.807, 2.05) is 59.5 Å². The molecule has 1 aliphatic heterocycles. The Morgan fingerprint density at radius 3 is 2.27 bits per heavy atom. The number of hydrogen-bond donors (Lipinski definition) is 2. The second-order valence-corrected chi connectivity index (χ2v) is 11.9. The van der Waals surface area contributed by atoms with Crippen LogP contribution in [0.4, 0.5) is 11.4 Å². The lowest BCUT2D eigenvalue weighted by molar-refractivity contribution is -0.122. The maximum Gasteiger partial charge on any atom is 0.349 e. The summed E-state index contributed by atoms with van der Waals surface area (Å²) >= 11 is 0. The van der Waals surface area contributed by atoms with Crippen LogP contribution >= 0.6 is 0 Å². The highest BCUT2D eigenvalue weighted by atomic mass is 16.4. The minimum atomic E-state index is -0.667. The second kappa shape index (κ2) is 16.6. The lowest BCUT2D eigenvalue weighted by Crippen LogP contribution is -2.31. The van der Waals surface area contributed by atoms with Gasteiger partial charge in [-0.15, -0.1) is 0 Å². The fourth-order valence-electron chi connectivity index (χ4n) is 5.98. The molecule has 4 aromatic rings. The van der Waals surface area contributed by atoms with Crippen molar-refractivity contribution in [3.63, 3.8) is 0 Å². The lowest BCUT2D eigenvalue weighted by Gasteiger charge is -2.27. The molecule has 0 unspecified atom stereocenters. The van der Waals surface area contributed by atoms with Crippen molar-refractivity contribution in [2.75, 3.05) is 36.0 Å². The highest BCUT2D eigenvalue weighted by Gasteiger charge is 2.21. The highest BCUT2D eigenvalue weighted by Crippen LogP contribution is 2.29. The maximum atomic E-state index is 13.4. The molecule has 1 aliphatic rings. The zero-order valence-corrected chi connectivity index (χ0v) is 27.8. The van der Waals surface area contributed by atoms with E-state index in [0.29, 0.717) is 69.1 Å². The lowest BCUT2D eigenvalue weighted by atomic mass is 10.0. The van der Waals surface area contributed by atoms with Crippen molar-refractivity contribution in [3.8, 4) is 0 Å². The van der Waals surface area contributed by atoms with Crippen molar-refractivity contribution in [2.45, 2.75) is 58.9 Å². The van der Waals surface area contributed by atoms with Crippen LogP contribution in [-0.4, -0.2) is 43.9 Å². The summed E-state index contributed by atoms with van der Waals surface area (Å²) in [5.41, 5.74) is 4.82. The Balaban J connectivity index is 1.00. The molecule has 48 heavy (non-hydrogen) atoms. The van der Waals surface area contributed by atoms with Crippen LogP contribution in [-0.2, 0) is 16.1 Å². The first-order valence-corrected chi connectivity index (χ1v) is 16.9. The average molecular weight is 649 g/mol. The van der Waals surface area contributed by atoms with Crippen molar-refractivity contribution >= 4 is 52.2 Å². The predicted molar refractivity (Wildman–Crippen MR) is 192 cm³/mol. The summed E-state index contributed by atoms with van der Waals surface area (Å²) in [5.74, 6) is -0.488. The molecule has 0 radical (unpaired) electrons. The van der Waals surface area contributed by atoms with Crippen LogP contribution < -0.4 is 26.1 Å². The molecule has 9 nitrogen and oxygen atoms in total. The molecule has 0 saturated carbocycles. The van der Waals surface area contributed by atoms with E-state index >= 15 is 0 Å². The normalized spacial score (nSPS) is 12.1. The number of rotatable bonds is 14. The molecule has 0 aliphatic carbocycles. The number of amides is 3. The van der Waals surface area contributed by atoms with Crippen LogP contribution in [0, 0.1) is 0 Å². The van der Waals surface area contributed by atoms with Gasteiger partial charge in [-0.1, -0.05) is 54.6 Å². The molecule has 0 spiro atoms. The van der Waals surface area contributed by atoms with E-state index in [0.717, 1.165) is 41.2 Å². The van der Waals surface area contributed by atoms with Gasteiger partial charge in [-0.3, -0.25) is 14.4 Å². The van der Waals surface area contributed by atoms with E-state index in [1.54, 1.807) is 6.07 Å². The first-order valence-electron chi connectivity index (χ1n) is 16.9. The van der Waals surface area contributed by atoms with E-state index in [4.69, 9.17) is 4.42 Å². The molecule has 3 amide bonds. The summed E-state index contributed by atoms with van der Waals surface area (Å²) < 4.78 is 5.47. The van der Waals surface area contributed by atoms with E-state index in [9.17, 15) is 19.2 Å². The van der Waals surface area contributed by atoms with Crippen LogP contribution in [0.25, 0.3) is 23.1 Å². The number of unbranched alkanes of at least 4 members (excludes halogenated alkanes) is 2. The van der Waals surface area contributed by atoms with E-state index in [-0.39, 0.29) is 17.4 Å². The fraction of sp³-hybridized carbons (Fsp3) is 0.333. The van der Waals surface area contributed by atoms with Crippen molar-refractivity contribution < 1.29 is 18.8 Å². The molecule has 250 valence electrons. The monoisotopic (exact) mass is 648 g/mol. The van der Waals surface area contributed by atoms with Gasteiger partial charge in [-0.05, 0) is 80.5 Å². The number of para-hydroxylation sites is 1. The zero-order valence-electron chi connectivity index (χ0n) is 27.8. The highest BCUT2D eigenvalue weighted by molar-refractivity contribution is 5.98. The summed E-state index contributed by atoms with van der Waals surface area (Å²) in [7, 11) is 0. The molecular formula is C39H44N4O5. The molecule has 1 aromatic heterocycles. The van der Waals surface area contributed by atoms with Crippen molar-refractivity contribution in [1.29, 1.82) is 0 Å². The van der Waals surface area contributed by atoms with E-state index in [1.165, 1.54) is 0 Å². The SMILES string of the molecule is CCN(CC)c1ccc2cc(C(=O)NCCCCNC(=O)CCCCC(=O)N3Cc4ccccc4C=Cc4ccccc43)c(=O)oc2c1. The third-order valence-corrected chi connectivity index (χ3v) is 8.70. The molecule has 3 aromatic carbocycles. The average Bonchev–Trinajstić information content (AvgIpc) is 3.09. The van der Waals surface area contributed by atoms with Crippen LogP contribution in [0.3, 0.4) is 0 Å². The Bertz CT molecular complexity index is 1840. The number of carbonyl (C=O) groups is 3. The first kappa shape index (κ1) is 34.2. The summed E-state index contributed by atoms with van der Waals surface area (Å²) in [6, 6.07) is 23.2. The van der Waals surface area contributed by atoms with Gasteiger partial charge in [0.2, 0.25) is 11.8 Å². The summed E-state index contributed by atoms with van der Waals surface area (Å²) in [4.78, 5) is 55.0. The van der Waals surface area contributed by atoms with Gasteiger partial charge < -0.3 is 24.9 Å². The van der Waals surface area contributed by atoms with Crippen molar-refractivity contribution in [2.24, 2.45) is 0 Å². The van der Waals surface area contributed by atoms with Gasteiger partial charge in [-0.25, -0.2) is 4.79 Å². The summed E-state index contributed by atoms with van der Waals surface area (Å²) in [6.07, 6.45) is 7.41. The number of nitrogens with one attached hydrogen (secondary N) is 2. The van der Waals surface area contributed by atoms with Gasteiger partial charge in [0.05, 0.1) is 12.2 Å². The molecule has 9 heteroatoms. The largest absolute Gasteiger partial charge is 0.422 e. The zero-order chi connectivity index (χ0) is 33.9. The molecule has 2 N–H and O–H groups in total. The molecule has 0 atom stereocenters. The molecule has 0 saturated heterocycles. The molecule has 2 heterocycles. The third kappa shape index (κ3) is 8.59. The number of benzene rings is 3. The summed E-state index contributed by atoms with van der Waals surface area (Å²) in [6.45, 7) is 7.16. The molecule has 0 bridgehead atoms. The third-order valence-electron chi connectivity index (χ3n) is 8.70. The van der Waals surface area contributed by atoms with Gasteiger partial charge in [0.25, 0.3) is 5.91 Å². The topological polar surface area (TPSA) is 112 Å². The van der Waals surface area contributed by atoms with Gasteiger partial charge in [0.1, 0.15) is 11.1 Å². The van der Waals surface area contributed by atoms with Gasteiger partial charge in [0, 0.05) is 56.2 Å². The molecular weight excluding hydrogens is 604 g/mol. The van der Waals surface area contributed by atoms with Crippen LogP contribution in [0.1, 0.15) is 79.4 Å². The Hall–Kier alpha value is -5.18.